The van der Waals surface area contributed by atoms with Gasteiger partial charge in [0.25, 0.3) is 0 Å². The summed E-state index contributed by atoms with van der Waals surface area (Å²) in [5.41, 5.74) is 2.09. The second kappa shape index (κ2) is 8.10. The number of aromatic nitrogens is 2. The molecule has 0 spiro atoms. The molecule has 0 saturated heterocycles. The van der Waals surface area contributed by atoms with Crippen molar-refractivity contribution in [1.82, 2.24) is 9.97 Å². The van der Waals surface area contributed by atoms with Crippen LogP contribution in [0, 0.1) is 5.82 Å². The molecule has 0 radical (unpaired) electrons. The van der Waals surface area contributed by atoms with Gasteiger partial charge in [0, 0.05) is 35.2 Å². The molecule has 2 aromatic carbocycles. The van der Waals surface area contributed by atoms with Crippen molar-refractivity contribution in [3.05, 3.63) is 47.4 Å². The first-order valence-corrected chi connectivity index (χ1v) is 10.1. The summed E-state index contributed by atoms with van der Waals surface area (Å²) >= 11 is 7.75. The maximum Gasteiger partial charge on any atom is 0.167 e. The maximum atomic E-state index is 14.5. The molecule has 0 bridgehead atoms. The van der Waals surface area contributed by atoms with Crippen LogP contribution in [0.5, 0.6) is 11.5 Å². The number of methoxy groups -OCH3 is 2. The van der Waals surface area contributed by atoms with Crippen LogP contribution in [0.2, 0.25) is 5.02 Å². The van der Waals surface area contributed by atoms with Crippen LogP contribution in [-0.4, -0.2) is 36.9 Å². The molecule has 0 aliphatic rings. The van der Waals surface area contributed by atoms with Crippen LogP contribution in [0.4, 0.5) is 4.39 Å². The number of thiazole rings is 1. The van der Waals surface area contributed by atoms with E-state index >= 15 is 0 Å². The van der Waals surface area contributed by atoms with E-state index in [2.05, 4.69) is 9.97 Å². The summed E-state index contributed by atoms with van der Waals surface area (Å²) in [6.45, 7) is 2.19. The van der Waals surface area contributed by atoms with Crippen molar-refractivity contribution in [1.29, 1.82) is 0 Å². The van der Waals surface area contributed by atoms with Crippen molar-refractivity contribution < 1.29 is 18.6 Å². The molecule has 0 aliphatic heterocycles. The van der Waals surface area contributed by atoms with Gasteiger partial charge in [0.15, 0.2) is 11.6 Å². The third-order valence-electron chi connectivity index (χ3n) is 4.36. The number of rotatable bonds is 6. The van der Waals surface area contributed by atoms with E-state index in [1.165, 1.54) is 17.4 Å². The predicted octanol–water partition coefficient (Wildman–Crippen LogP) is 5.73. The Bertz CT molecular complexity index is 1200. The monoisotopic (exact) mass is 432 g/mol. The van der Waals surface area contributed by atoms with Crippen molar-refractivity contribution in [3.8, 4) is 22.1 Å². The Hall–Kier alpha value is -2.48. The van der Waals surface area contributed by atoms with Gasteiger partial charge in [-0.15, -0.1) is 11.3 Å². The predicted molar refractivity (Wildman–Crippen MR) is 114 cm³/mol. The zero-order valence-electron chi connectivity index (χ0n) is 16.0. The molecule has 2 heterocycles. The fraction of sp³-hybridized carbons (Fsp3) is 0.238. The molecule has 8 heteroatoms. The molecule has 2 aromatic heterocycles. The van der Waals surface area contributed by atoms with Gasteiger partial charge in [-0.2, -0.15) is 0 Å². The molecular weight excluding hydrogens is 415 g/mol. The minimum Gasteiger partial charge on any atom is -0.495 e. The third-order valence-corrected chi connectivity index (χ3v) is 5.63. The molecule has 4 aromatic rings. The average Bonchev–Trinajstić information content (AvgIpc) is 3.09. The quantitative estimate of drug-likeness (QED) is 0.389. The Morgan fingerprint density at radius 3 is 2.76 bits per heavy atom. The number of halogens is 2. The lowest BCUT2D eigenvalue weighted by Gasteiger charge is -2.14. The smallest absolute Gasteiger partial charge is 0.167 e. The second-order valence-corrected chi connectivity index (χ2v) is 8.02. The Labute approximate surface area is 176 Å². The van der Waals surface area contributed by atoms with E-state index < -0.39 is 5.82 Å². The first-order valence-electron chi connectivity index (χ1n) is 8.88. The standard InChI is InChI=1S/C21H18ClFN2O3S/c1-11(10-26-2)28-18-8-19-17(7-16(18)23)25-21(29-19)15-6-13(22)4-12-5-14(27-3)9-24-20(12)15/h4-9,11H,10H2,1-3H3. The van der Waals surface area contributed by atoms with E-state index in [4.69, 9.17) is 25.8 Å². The van der Waals surface area contributed by atoms with Gasteiger partial charge >= 0.3 is 0 Å². The highest BCUT2D eigenvalue weighted by Crippen LogP contribution is 2.38. The number of fused-ring (bicyclic) bond motifs is 2. The molecule has 1 unspecified atom stereocenters. The largest absolute Gasteiger partial charge is 0.495 e. The Balaban J connectivity index is 1.80. The van der Waals surface area contributed by atoms with E-state index in [-0.39, 0.29) is 11.9 Å². The van der Waals surface area contributed by atoms with Crippen molar-refractivity contribution >= 4 is 44.1 Å². The molecule has 1 atom stereocenters. The molecule has 150 valence electrons. The lowest BCUT2D eigenvalue weighted by molar-refractivity contribution is 0.0894. The van der Waals surface area contributed by atoms with Gasteiger partial charge < -0.3 is 14.2 Å². The minimum atomic E-state index is -0.462. The van der Waals surface area contributed by atoms with Crippen molar-refractivity contribution in [2.75, 3.05) is 20.8 Å². The second-order valence-electron chi connectivity index (χ2n) is 6.55. The maximum absolute atomic E-state index is 14.5. The summed E-state index contributed by atoms with van der Waals surface area (Å²) in [6.07, 6.45) is 1.38. The normalized spacial score (nSPS) is 12.4. The van der Waals surface area contributed by atoms with E-state index in [1.54, 1.807) is 26.5 Å². The molecule has 0 aliphatic carbocycles. The number of benzene rings is 2. The highest BCUT2D eigenvalue weighted by Gasteiger charge is 2.16. The van der Waals surface area contributed by atoms with Crippen molar-refractivity contribution in [2.24, 2.45) is 0 Å². The summed E-state index contributed by atoms with van der Waals surface area (Å²) in [6, 6.07) is 8.56. The Morgan fingerprint density at radius 2 is 2.00 bits per heavy atom. The van der Waals surface area contributed by atoms with Gasteiger partial charge in [0.1, 0.15) is 16.9 Å². The van der Waals surface area contributed by atoms with Crippen LogP contribution >= 0.6 is 22.9 Å². The van der Waals surface area contributed by atoms with Crippen LogP contribution in [0.25, 0.3) is 31.7 Å². The van der Waals surface area contributed by atoms with Gasteiger partial charge in [0.2, 0.25) is 0 Å². The topological polar surface area (TPSA) is 53.5 Å². The molecular formula is C21H18ClFN2O3S. The lowest BCUT2D eigenvalue weighted by atomic mass is 10.1. The molecule has 0 amide bonds. The fourth-order valence-electron chi connectivity index (χ4n) is 3.09. The molecule has 0 saturated carbocycles. The van der Waals surface area contributed by atoms with Gasteiger partial charge in [-0.1, -0.05) is 11.6 Å². The zero-order chi connectivity index (χ0) is 20.5. The summed E-state index contributed by atoms with van der Waals surface area (Å²) in [5, 5.41) is 2.10. The Kier molecular flexibility index (Phi) is 5.54. The average molecular weight is 433 g/mol. The highest BCUT2D eigenvalue weighted by atomic mass is 35.5. The molecule has 4 rings (SSSR count). The van der Waals surface area contributed by atoms with Gasteiger partial charge in [-0.3, -0.25) is 4.98 Å². The SMILES string of the molecule is COCC(C)Oc1cc2sc(-c3cc(Cl)cc4cc(OC)cnc34)nc2cc1F. The zero-order valence-corrected chi connectivity index (χ0v) is 17.6. The number of ether oxygens (including phenoxy) is 3. The van der Waals surface area contributed by atoms with Crippen LogP contribution in [0.15, 0.2) is 36.5 Å². The molecule has 29 heavy (non-hydrogen) atoms. The van der Waals surface area contributed by atoms with E-state index in [9.17, 15) is 4.39 Å². The molecule has 5 nitrogen and oxygen atoms in total. The summed E-state index contributed by atoms with van der Waals surface area (Å²) < 4.78 is 31.2. The van der Waals surface area contributed by atoms with Crippen molar-refractivity contribution in [2.45, 2.75) is 13.0 Å². The highest BCUT2D eigenvalue weighted by molar-refractivity contribution is 7.21. The van der Waals surface area contributed by atoms with Gasteiger partial charge in [-0.05, 0) is 25.1 Å². The van der Waals surface area contributed by atoms with Crippen LogP contribution in [0.1, 0.15) is 6.92 Å². The van der Waals surface area contributed by atoms with Gasteiger partial charge in [0.05, 0.1) is 35.6 Å². The summed E-state index contributed by atoms with van der Waals surface area (Å²) in [4.78, 5) is 9.11. The van der Waals surface area contributed by atoms with Crippen LogP contribution < -0.4 is 9.47 Å². The Morgan fingerprint density at radius 1 is 1.17 bits per heavy atom. The first kappa shape index (κ1) is 19.8. The summed E-state index contributed by atoms with van der Waals surface area (Å²) in [7, 11) is 3.16. The minimum absolute atomic E-state index is 0.177. The van der Waals surface area contributed by atoms with Gasteiger partial charge in [-0.25, -0.2) is 9.37 Å². The molecule has 0 fully saturated rings. The van der Waals surface area contributed by atoms with E-state index in [0.717, 1.165) is 21.2 Å². The van der Waals surface area contributed by atoms with E-state index in [1.807, 2.05) is 25.1 Å². The first-order chi connectivity index (χ1) is 14.0. The van der Waals surface area contributed by atoms with E-state index in [0.29, 0.717) is 27.9 Å². The number of nitrogens with zero attached hydrogens (tertiary/aromatic N) is 2. The molecule has 0 N–H and O–H groups in total. The number of hydrogen-bond donors (Lipinski definition) is 0. The fourth-order valence-corrected chi connectivity index (χ4v) is 4.31. The van der Waals surface area contributed by atoms with Crippen LogP contribution in [0.3, 0.4) is 0 Å². The number of pyridine rings is 1. The summed E-state index contributed by atoms with van der Waals surface area (Å²) in [5.74, 6) is 0.358. The van der Waals surface area contributed by atoms with Crippen LogP contribution in [-0.2, 0) is 4.74 Å². The lowest BCUT2D eigenvalue weighted by Crippen LogP contribution is -2.18. The van der Waals surface area contributed by atoms with Crippen molar-refractivity contribution in [3.63, 3.8) is 0 Å². The third kappa shape index (κ3) is 3.99. The number of hydrogen-bond acceptors (Lipinski definition) is 6.